The number of hydrogen-bond donors (Lipinski definition) is 0. The van der Waals surface area contributed by atoms with Crippen molar-refractivity contribution < 1.29 is 1.37 Å². The van der Waals surface area contributed by atoms with Crippen molar-refractivity contribution in [2.45, 2.75) is 72.6 Å². The lowest BCUT2D eigenvalue weighted by Gasteiger charge is -2.27. The maximum Gasteiger partial charge on any atom is 0.0708 e. The lowest BCUT2D eigenvalue weighted by Crippen LogP contribution is -2.12. The first kappa shape index (κ1) is 14.5. The molecule has 0 heterocycles. The smallest absolute Gasteiger partial charge is 0.0652 e. The topological polar surface area (TPSA) is 0 Å². The van der Waals surface area contributed by atoms with Crippen LogP contribution in [-0.4, -0.2) is 24.6 Å². The van der Waals surface area contributed by atoms with Gasteiger partial charge in [-0.2, -0.15) is 0 Å². The van der Waals surface area contributed by atoms with E-state index in [0.29, 0.717) is 0 Å². The third-order valence-electron chi connectivity index (χ3n) is 3.44. The molecule has 1 heteroatoms. The predicted molar refractivity (Wildman–Crippen MR) is 81.4 cm³/mol. The first-order valence-electron chi connectivity index (χ1n) is 8.02. The van der Waals surface area contributed by atoms with Crippen molar-refractivity contribution in [3.05, 3.63) is 0 Å². The summed E-state index contributed by atoms with van der Waals surface area (Å²) in [6.07, 6.45) is 13.5. The molecule has 0 aliphatic rings. The third kappa shape index (κ3) is 6.89. The van der Waals surface area contributed by atoms with Crippen LogP contribution in [0.2, 0.25) is 0 Å². The summed E-state index contributed by atoms with van der Waals surface area (Å²) in [6.45, 7) is 9.09. The molecule has 1 unspecified atom stereocenters. The maximum absolute atomic E-state index is 8.51. The zero-order valence-electron chi connectivity index (χ0n) is 13.1. The molecular formula is C15H34P+. The van der Waals surface area contributed by atoms with Crippen molar-refractivity contribution in [1.29, 1.82) is 0 Å². The van der Waals surface area contributed by atoms with Gasteiger partial charge in [-0.1, -0.05) is 47.0 Å². The largest absolute Gasteiger partial charge is 0.0708 e. The molecule has 0 nitrogen and oxygen atoms in total. The SMILES string of the molecule is [2H]C(CC)[P+](CCCC)(CCCC)CCCC. The molecule has 0 radical (unpaired) electrons. The normalized spacial score (nSPS) is 14.9. The van der Waals surface area contributed by atoms with Crippen molar-refractivity contribution in [2.75, 3.05) is 24.6 Å². The number of hydrogen-bond acceptors (Lipinski definition) is 0. The molecule has 0 aliphatic heterocycles. The summed E-state index contributed by atoms with van der Waals surface area (Å²) in [5.41, 5.74) is 0. The molecule has 0 fully saturated rings. The molecule has 0 saturated heterocycles. The van der Waals surface area contributed by atoms with Gasteiger partial charge < -0.3 is 0 Å². The summed E-state index contributed by atoms with van der Waals surface area (Å²) in [7, 11) is -0.970. The Labute approximate surface area is 106 Å². The van der Waals surface area contributed by atoms with Crippen molar-refractivity contribution >= 4 is 7.26 Å². The van der Waals surface area contributed by atoms with Gasteiger partial charge in [-0.05, 0) is 25.7 Å². The molecule has 0 aliphatic carbocycles. The Morgan fingerprint density at radius 1 is 0.688 bits per heavy atom. The Morgan fingerprint density at radius 2 is 1.06 bits per heavy atom. The van der Waals surface area contributed by atoms with Gasteiger partial charge in [-0.15, -0.1) is 0 Å². The van der Waals surface area contributed by atoms with E-state index in [2.05, 4.69) is 27.7 Å². The fraction of sp³-hybridized carbons (Fsp3) is 1.00. The van der Waals surface area contributed by atoms with E-state index in [9.17, 15) is 0 Å². The molecule has 0 bridgehead atoms. The van der Waals surface area contributed by atoms with Gasteiger partial charge in [-0.3, -0.25) is 0 Å². The third-order valence-corrected chi connectivity index (χ3v) is 8.20. The van der Waals surface area contributed by atoms with Gasteiger partial charge in [0.25, 0.3) is 0 Å². The second-order valence-corrected chi connectivity index (χ2v) is 9.18. The van der Waals surface area contributed by atoms with Crippen LogP contribution < -0.4 is 0 Å². The second kappa shape index (κ2) is 10.6. The van der Waals surface area contributed by atoms with Crippen LogP contribution in [-0.2, 0) is 0 Å². The summed E-state index contributed by atoms with van der Waals surface area (Å²) >= 11 is 0. The summed E-state index contributed by atoms with van der Waals surface area (Å²) in [5.74, 6) is 0. The molecule has 1 atom stereocenters. The Morgan fingerprint density at radius 3 is 1.31 bits per heavy atom. The highest BCUT2D eigenvalue weighted by Crippen LogP contribution is 2.61. The van der Waals surface area contributed by atoms with Crippen LogP contribution in [0.5, 0.6) is 0 Å². The van der Waals surface area contributed by atoms with Gasteiger partial charge in [0, 0.05) is 7.26 Å². The molecule has 0 aromatic carbocycles. The summed E-state index contributed by atoms with van der Waals surface area (Å²) in [5, 5.41) is 0. The molecule has 0 spiro atoms. The van der Waals surface area contributed by atoms with Gasteiger partial charge >= 0.3 is 0 Å². The molecule has 98 valence electrons. The molecule has 0 rings (SSSR count). The minimum absolute atomic E-state index is 0.271. The lowest BCUT2D eigenvalue weighted by atomic mass is 10.4. The van der Waals surface area contributed by atoms with E-state index in [4.69, 9.17) is 1.37 Å². The van der Waals surface area contributed by atoms with Gasteiger partial charge in [0.15, 0.2) is 0 Å². The van der Waals surface area contributed by atoms with E-state index < -0.39 is 7.26 Å². The van der Waals surface area contributed by atoms with E-state index in [1.54, 1.807) is 0 Å². The molecule has 0 saturated carbocycles. The summed E-state index contributed by atoms with van der Waals surface area (Å²) in [6, 6.07) is 0. The monoisotopic (exact) mass is 246 g/mol. The first-order chi connectivity index (χ1) is 8.16. The van der Waals surface area contributed by atoms with Crippen molar-refractivity contribution in [2.24, 2.45) is 0 Å². The van der Waals surface area contributed by atoms with Crippen LogP contribution in [0, 0.1) is 0 Å². The zero-order chi connectivity index (χ0) is 13.1. The second-order valence-electron chi connectivity index (χ2n) is 5.04. The first-order valence-corrected chi connectivity index (χ1v) is 9.86. The standard InChI is InChI=1S/C15H34P/c1-5-9-13-16(12-8-4,14-10-6-2)15-11-7-3/h5-15H2,1-4H3/q+1/i12D. The molecular weight excluding hydrogens is 211 g/mol. The Balaban J connectivity index is 4.63. The average Bonchev–Trinajstić information content (AvgIpc) is 2.37. The van der Waals surface area contributed by atoms with Crippen LogP contribution in [0.15, 0.2) is 0 Å². The lowest BCUT2D eigenvalue weighted by molar-refractivity contribution is 0.828. The Bertz CT molecular complexity index is 149. The molecule has 0 amide bonds. The van der Waals surface area contributed by atoms with Crippen molar-refractivity contribution in [1.82, 2.24) is 0 Å². The van der Waals surface area contributed by atoms with E-state index in [1.165, 1.54) is 57.0 Å². The minimum Gasteiger partial charge on any atom is -0.0652 e. The van der Waals surface area contributed by atoms with Crippen LogP contribution in [0.1, 0.15) is 74.0 Å². The minimum atomic E-state index is -0.970. The van der Waals surface area contributed by atoms with E-state index in [0.717, 1.165) is 6.42 Å². The fourth-order valence-corrected chi connectivity index (χ4v) is 7.25. The Kier molecular flexibility index (Phi) is 9.58. The van der Waals surface area contributed by atoms with Gasteiger partial charge in [0.05, 0.1) is 26.0 Å². The maximum atomic E-state index is 8.51. The van der Waals surface area contributed by atoms with Gasteiger partial charge in [0.2, 0.25) is 0 Å². The van der Waals surface area contributed by atoms with Crippen LogP contribution in [0.4, 0.5) is 0 Å². The van der Waals surface area contributed by atoms with Crippen LogP contribution in [0.3, 0.4) is 0 Å². The average molecular weight is 246 g/mol. The Hall–Kier alpha value is 0.430. The summed E-state index contributed by atoms with van der Waals surface area (Å²) in [4.78, 5) is 0. The quantitative estimate of drug-likeness (QED) is 0.403. The predicted octanol–water partition coefficient (Wildman–Crippen LogP) is 5.81. The van der Waals surface area contributed by atoms with E-state index >= 15 is 0 Å². The van der Waals surface area contributed by atoms with Crippen LogP contribution >= 0.6 is 7.26 Å². The highest BCUT2D eigenvalue weighted by Gasteiger charge is 2.33. The van der Waals surface area contributed by atoms with Crippen molar-refractivity contribution in [3.63, 3.8) is 0 Å². The zero-order valence-corrected chi connectivity index (χ0v) is 13.0. The molecule has 16 heavy (non-hydrogen) atoms. The van der Waals surface area contributed by atoms with Crippen molar-refractivity contribution in [3.8, 4) is 0 Å². The molecule has 0 aromatic heterocycles. The number of unbranched alkanes of at least 4 members (excludes halogenated alkanes) is 3. The van der Waals surface area contributed by atoms with Gasteiger partial charge in [0.1, 0.15) is 0 Å². The van der Waals surface area contributed by atoms with Gasteiger partial charge in [-0.25, -0.2) is 0 Å². The van der Waals surface area contributed by atoms with Crippen LogP contribution in [0.25, 0.3) is 0 Å². The van der Waals surface area contributed by atoms with E-state index in [1.807, 2.05) is 0 Å². The highest BCUT2D eigenvalue weighted by molar-refractivity contribution is 7.75. The highest BCUT2D eigenvalue weighted by atomic mass is 31.2. The van der Waals surface area contributed by atoms with E-state index in [-0.39, 0.29) is 6.14 Å². The number of rotatable bonds is 11. The summed E-state index contributed by atoms with van der Waals surface area (Å²) < 4.78 is 8.51. The fourth-order valence-electron chi connectivity index (χ4n) is 2.42. The molecule has 0 aromatic rings. The molecule has 0 N–H and O–H groups in total.